The second-order valence-corrected chi connectivity index (χ2v) is 6.16. The van der Waals surface area contributed by atoms with Gasteiger partial charge in [0, 0.05) is 31.2 Å². The zero-order valence-corrected chi connectivity index (χ0v) is 13.8. The molecular weight excluding hydrogens is 314 g/mol. The lowest BCUT2D eigenvalue weighted by Crippen LogP contribution is -2.39. The summed E-state index contributed by atoms with van der Waals surface area (Å²) in [4.78, 5) is 25.5. The Labute approximate surface area is 139 Å². The van der Waals surface area contributed by atoms with Crippen molar-refractivity contribution in [3.8, 4) is 11.5 Å². The van der Waals surface area contributed by atoms with Crippen LogP contribution in [0.1, 0.15) is 29.6 Å². The number of nitro groups is 1. The number of hydrogen-bond donors (Lipinski definition) is 1. The number of nitrogens with one attached hydrogen (secondary N) is 1. The Morgan fingerprint density at radius 2 is 1.88 bits per heavy atom. The molecule has 0 aliphatic carbocycles. The number of carbonyl (C=O) groups excluding carboxylic acids is 1. The number of methoxy groups -OCH3 is 2. The molecule has 130 valence electrons. The molecule has 0 radical (unpaired) electrons. The van der Waals surface area contributed by atoms with E-state index in [2.05, 4.69) is 5.32 Å². The molecule has 3 rings (SSSR count). The Bertz CT molecular complexity index is 663. The van der Waals surface area contributed by atoms with Crippen molar-refractivity contribution in [2.45, 2.75) is 31.3 Å². The van der Waals surface area contributed by atoms with Crippen LogP contribution >= 0.6 is 0 Å². The molecule has 2 heterocycles. The largest absolute Gasteiger partial charge is 0.493 e. The van der Waals surface area contributed by atoms with Crippen LogP contribution < -0.4 is 14.8 Å². The Balaban J connectivity index is 1.94. The maximum Gasteiger partial charge on any atom is 0.286 e. The maximum absolute atomic E-state index is 12.9. The van der Waals surface area contributed by atoms with E-state index in [1.165, 1.54) is 26.4 Å². The monoisotopic (exact) mass is 335 g/mol. The minimum Gasteiger partial charge on any atom is -0.493 e. The van der Waals surface area contributed by atoms with Gasteiger partial charge in [-0.2, -0.15) is 0 Å². The number of likely N-dealkylation sites (tertiary alicyclic amines) is 1. The summed E-state index contributed by atoms with van der Waals surface area (Å²) in [6.07, 6.45) is 3.02. The fourth-order valence-electron chi connectivity index (χ4n) is 3.49. The molecule has 2 aliphatic heterocycles. The molecule has 2 fully saturated rings. The Morgan fingerprint density at radius 1 is 1.21 bits per heavy atom. The summed E-state index contributed by atoms with van der Waals surface area (Å²) in [5, 5.41) is 14.9. The van der Waals surface area contributed by atoms with Gasteiger partial charge in [0.15, 0.2) is 11.5 Å². The third kappa shape index (κ3) is 3.01. The standard InChI is InChI=1S/C16H21N3O5/c1-23-14-7-12(13(19(21)22)8-15(14)24-2)16(20)18-6-5-10-3-4-11(9-18)17-10/h7-8,10-11,17H,3-6,9H2,1-2H3. The average molecular weight is 335 g/mol. The van der Waals surface area contributed by atoms with Crippen molar-refractivity contribution in [2.75, 3.05) is 27.3 Å². The van der Waals surface area contributed by atoms with Gasteiger partial charge in [0.1, 0.15) is 5.56 Å². The number of amides is 1. The zero-order valence-electron chi connectivity index (χ0n) is 13.8. The van der Waals surface area contributed by atoms with Gasteiger partial charge in [-0.1, -0.05) is 0 Å². The van der Waals surface area contributed by atoms with E-state index >= 15 is 0 Å². The summed E-state index contributed by atoms with van der Waals surface area (Å²) in [6.45, 7) is 1.17. The van der Waals surface area contributed by atoms with E-state index in [0.29, 0.717) is 24.9 Å². The molecule has 2 atom stereocenters. The topological polar surface area (TPSA) is 93.9 Å². The quantitative estimate of drug-likeness (QED) is 0.663. The van der Waals surface area contributed by atoms with Gasteiger partial charge in [-0.05, 0) is 19.3 Å². The van der Waals surface area contributed by atoms with Gasteiger partial charge in [0.25, 0.3) is 11.6 Å². The zero-order chi connectivity index (χ0) is 17.3. The summed E-state index contributed by atoms with van der Waals surface area (Å²) in [5.41, 5.74) is -0.226. The average Bonchev–Trinajstić information content (AvgIpc) is 2.91. The second-order valence-electron chi connectivity index (χ2n) is 6.16. The van der Waals surface area contributed by atoms with Crippen LogP contribution in [0.3, 0.4) is 0 Å². The first-order valence-corrected chi connectivity index (χ1v) is 7.99. The molecular formula is C16H21N3O5. The second kappa shape index (κ2) is 6.64. The molecule has 24 heavy (non-hydrogen) atoms. The predicted octanol–water partition coefficient (Wildman–Crippen LogP) is 1.58. The minimum absolute atomic E-state index is 0.0374. The van der Waals surface area contributed by atoms with Gasteiger partial charge in [-0.25, -0.2) is 0 Å². The highest BCUT2D eigenvalue weighted by molar-refractivity contribution is 5.99. The van der Waals surface area contributed by atoms with Crippen molar-refractivity contribution in [1.29, 1.82) is 0 Å². The lowest BCUT2D eigenvalue weighted by molar-refractivity contribution is -0.385. The summed E-state index contributed by atoms with van der Waals surface area (Å²) < 4.78 is 10.3. The molecule has 8 nitrogen and oxygen atoms in total. The highest BCUT2D eigenvalue weighted by atomic mass is 16.6. The first kappa shape index (κ1) is 16.5. The van der Waals surface area contributed by atoms with Crippen molar-refractivity contribution in [2.24, 2.45) is 0 Å². The number of carbonyl (C=O) groups is 1. The van der Waals surface area contributed by atoms with Crippen LogP contribution in [-0.4, -0.2) is 55.1 Å². The summed E-state index contributed by atoms with van der Waals surface area (Å²) in [5.74, 6) is 0.204. The number of rotatable bonds is 4. The van der Waals surface area contributed by atoms with E-state index in [4.69, 9.17) is 9.47 Å². The van der Waals surface area contributed by atoms with Gasteiger partial charge in [-0.15, -0.1) is 0 Å². The molecule has 2 saturated heterocycles. The first-order valence-electron chi connectivity index (χ1n) is 7.99. The number of nitro benzene ring substituents is 1. The highest BCUT2D eigenvalue weighted by Gasteiger charge is 2.34. The molecule has 2 aliphatic rings. The molecule has 1 N–H and O–H groups in total. The minimum atomic E-state index is -0.558. The van der Waals surface area contributed by atoms with Crippen LogP contribution in [0.4, 0.5) is 5.69 Å². The Morgan fingerprint density at radius 3 is 2.54 bits per heavy atom. The molecule has 0 saturated carbocycles. The van der Waals surface area contributed by atoms with Crippen LogP contribution in [0.25, 0.3) is 0 Å². The number of fused-ring (bicyclic) bond motifs is 2. The normalized spacial score (nSPS) is 22.8. The number of hydrogen-bond acceptors (Lipinski definition) is 6. The maximum atomic E-state index is 12.9. The van der Waals surface area contributed by atoms with Gasteiger partial charge in [0.05, 0.1) is 25.2 Å². The third-order valence-electron chi connectivity index (χ3n) is 4.74. The molecule has 1 aromatic rings. The first-order chi connectivity index (χ1) is 11.5. The van der Waals surface area contributed by atoms with E-state index in [-0.39, 0.29) is 28.9 Å². The van der Waals surface area contributed by atoms with E-state index < -0.39 is 4.92 Å². The summed E-state index contributed by atoms with van der Waals surface area (Å²) in [6, 6.07) is 3.35. The van der Waals surface area contributed by atoms with Crippen molar-refractivity contribution in [3.63, 3.8) is 0 Å². The van der Waals surface area contributed by atoms with Gasteiger partial charge in [0.2, 0.25) is 0 Å². The lowest BCUT2D eigenvalue weighted by atomic mass is 10.1. The van der Waals surface area contributed by atoms with Crippen molar-refractivity contribution < 1.29 is 19.2 Å². The molecule has 0 spiro atoms. The number of ether oxygens (including phenoxy) is 2. The molecule has 8 heteroatoms. The van der Waals surface area contributed by atoms with Crippen LogP contribution in [-0.2, 0) is 0 Å². The van der Waals surface area contributed by atoms with E-state index in [1.807, 2.05) is 0 Å². The molecule has 0 aromatic heterocycles. The number of nitrogens with zero attached hydrogens (tertiary/aromatic N) is 2. The van der Waals surface area contributed by atoms with Crippen molar-refractivity contribution in [3.05, 3.63) is 27.8 Å². The SMILES string of the molecule is COc1cc(C(=O)N2CCC3CCC(C2)N3)c([N+](=O)[O-])cc1OC. The Hall–Kier alpha value is -2.35. The smallest absolute Gasteiger partial charge is 0.286 e. The summed E-state index contributed by atoms with van der Waals surface area (Å²) in [7, 11) is 2.84. The molecule has 1 aromatic carbocycles. The van der Waals surface area contributed by atoms with Gasteiger partial charge >= 0.3 is 0 Å². The molecule has 1 amide bonds. The van der Waals surface area contributed by atoms with E-state index in [0.717, 1.165) is 19.3 Å². The van der Waals surface area contributed by atoms with Crippen LogP contribution in [0, 0.1) is 10.1 Å². The van der Waals surface area contributed by atoms with Crippen molar-refractivity contribution >= 4 is 11.6 Å². The van der Waals surface area contributed by atoms with Gasteiger partial charge in [-0.3, -0.25) is 14.9 Å². The molecule has 2 unspecified atom stereocenters. The molecule has 2 bridgehead atoms. The van der Waals surface area contributed by atoms with Gasteiger partial charge < -0.3 is 19.7 Å². The predicted molar refractivity (Wildman–Crippen MR) is 86.7 cm³/mol. The van der Waals surface area contributed by atoms with Crippen LogP contribution in [0.15, 0.2) is 12.1 Å². The lowest BCUT2D eigenvalue weighted by Gasteiger charge is -2.24. The summed E-state index contributed by atoms with van der Waals surface area (Å²) >= 11 is 0. The third-order valence-corrected chi connectivity index (χ3v) is 4.74. The fraction of sp³-hybridized carbons (Fsp3) is 0.562. The highest BCUT2D eigenvalue weighted by Crippen LogP contribution is 2.35. The number of benzene rings is 1. The van der Waals surface area contributed by atoms with Crippen molar-refractivity contribution in [1.82, 2.24) is 10.2 Å². The van der Waals surface area contributed by atoms with E-state index in [1.54, 1.807) is 4.90 Å². The fourth-order valence-corrected chi connectivity index (χ4v) is 3.49. The van der Waals surface area contributed by atoms with Crippen LogP contribution in [0.2, 0.25) is 0 Å². The van der Waals surface area contributed by atoms with E-state index in [9.17, 15) is 14.9 Å². The van der Waals surface area contributed by atoms with Crippen LogP contribution in [0.5, 0.6) is 11.5 Å². The Kier molecular flexibility index (Phi) is 4.57.